The number of carbonyl (C=O) groups is 2. The van der Waals surface area contributed by atoms with E-state index in [1.54, 1.807) is 24.3 Å². The van der Waals surface area contributed by atoms with Gasteiger partial charge in [0.25, 0.3) is 0 Å². The quantitative estimate of drug-likeness (QED) is 0.416. The lowest BCUT2D eigenvalue weighted by atomic mass is 10.0. The Morgan fingerprint density at radius 2 is 1.48 bits per heavy atom. The molecule has 3 N–H and O–H groups in total. The van der Waals surface area contributed by atoms with E-state index in [0.717, 1.165) is 21.7 Å². The zero-order valence-corrected chi connectivity index (χ0v) is 19.9. The van der Waals surface area contributed by atoms with Crippen LogP contribution in [0.3, 0.4) is 0 Å². The van der Waals surface area contributed by atoms with Gasteiger partial charge in [-0.05, 0) is 61.1 Å². The summed E-state index contributed by atoms with van der Waals surface area (Å²) in [4.78, 5) is 28.2. The van der Waals surface area contributed by atoms with Crippen LogP contribution in [0.4, 0.5) is 15.6 Å². The molecule has 2 amide bonds. The molecule has 2 aromatic carbocycles. The van der Waals surface area contributed by atoms with Crippen LogP contribution in [-0.4, -0.2) is 36.8 Å². The maximum Gasteiger partial charge on any atom is 0.409 e. The predicted molar refractivity (Wildman–Crippen MR) is 129 cm³/mol. The number of anilines is 2. The Morgan fingerprint density at radius 1 is 0.909 bits per heavy atom. The fourth-order valence-electron chi connectivity index (χ4n) is 3.28. The first-order valence-corrected chi connectivity index (χ1v) is 12.9. The standard InChI is InChI=1S/C23H25N3O5S2/c1-15(27)24-22-26-20(13-7-16-3-9-18(10-4-16)25-23(28)29)21(32-22)14-8-17-5-11-19(12-6-17)33(2,30)31/h3-6,9-12,25H,7-8,13-14H2,1-2H3,(H,28,29)(H,24,26,27). The van der Waals surface area contributed by atoms with Crippen LogP contribution < -0.4 is 10.6 Å². The zero-order chi connectivity index (χ0) is 24.0. The van der Waals surface area contributed by atoms with Crippen LogP contribution in [0.5, 0.6) is 0 Å². The Kier molecular flexibility index (Phi) is 7.83. The molecule has 0 saturated carbocycles. The van der Waals surface area contributed by atoms with Gasteiger partial charge in [-0.2, -0.15) is 0 Å². The number of carbonyl (C=O) groups excluding carboxylic acids is 1. The monoisotopic (exact) mass is 487 g/mol. The molecule has 1 heterocycles. The van der Waals surface area contributed by atoms with Gasteiger partial charge < -0.3 is 10.4 Å². The van der Waals surface area contributed by atoms with E-state index in [1.165, 1.54) is 24.5 Å². The molecule has 10 heteroatoms. The molecule has 1 aromatic heterocycles. The smallest absolute Gasteiger partial charge is 0.409 e. The summed E-state index contributed by atoms with van der Waals surface area (Å²) < 4.78 is 23.3. The average molecular weight is 488 g/mol. The lowest BCUT2D eigenvalue weighted by molar-refractivity contribution is -0.114. The van der Waals surface area contributed by atoms with Crippen LogP contribution in [-0.2, 0) is 40.3 Å². The van der Waals surface area contributed by atoms with Gasteiger partial charge in [-0.1, -0.05) is 24.3 Å². The molecular weight excluding hydrogens is 462 g/mol. The van der Waals surface area contributed by atoms with Crippen molar-refractivity contribution in [3.8, 4) is 0 Å². The summed E-state index contributed by atoms with van der Waals surface area (Å²) in [5.41, 5.74) is 3.48. The third-order valence-electron chi connectivity index (χ3n) is 4.91. The summed E-state index contributed by atoms with van der Waals surface area (Å²) in [7, 11) is -3.23. The number of amides is 2. The Labute approximate surface area is 196 Å². The molecular formula is C23H25N3O5S2. The van der Waals surface area contributed by atoms with E-state index in [2.05, 4.69) is 15.6 Å². The Hall–Kier alpha value is -3.24. The molecule has 8 nitrogen and oxygen atoms in total. The summed E-state index contributed by atoms with van der Waals surface area (Å²) in [6, 6.07) is 14.0. The number of aryl methyl sites for hydroxylation is 4. The van der Waals surface area contributed by atoms with Crippen LogP contribution in [0.15, 0.2) is 53.4 Å². The van der Waals surface area contributed by atoms with E-state index in [9.17, 15) is 18.0 Å². The van der Waals surface area contributed by atoms with Crippen LogP contribution in [0.25, 0.3) is 0 Å². The van der Waals surface area contributed by atoms with E-state index >= 15 is 0 Å². The predicted octanol–water partition coefficient (Wildman–Crippen LogP) is 4.17. The Morgan fingerprint density at radius 3 is 2.03 bits per heavy atom. The van der Waals surface area contributed by atoms with Crippen LogP contribution in [0.1, 0.15) is 28.6 Å². The highest BCUT2D eigenvalue weighted by Crippen LogP contribution is 2.26. The third-order valence-corrected chi connectivity index (χ3v) is 7.11. The van der Waals surface area contributed by atoms with Crippen molar-refractivity contribution in [3.63, 3.8) is 0 Å². The second-order valence-corrected chi connectivity index (χ2v) is 10.7. The average Bonchev–Trinajstić information content (AvgIpc) is 3.11. The maximum atomic E-state index is 11.6. The fourth-order valence-corrected chi connectivity index (χ4v) is 4.96. The maximum absolute atomic E-state index is 11.6. The fraction of sp³-hybridized carbons (Fsp3) is 0.261. The second kappa shape index (κ2) is 10.6. The first-order valence-electron chi connectivity index (χ1n) is 10.2. The van der Waals surface area contributed by atoms with Gasteiger partial charge in [0, 0.05) is 23.7 Å². The lowest BCUT2D eigenvalue weighted by Crippen LogP contribution is -2.07. The highest BCUT2D eigenvalue weighted by Gasteiger charge is 2.13. The summed E-state index contributed by atoms with van der Waals surface area (Å²) >= 11 is 1.44. The van der Waals surface area contributed by atoms with Gasteiger partial charge in [0.15, 0.2) is 15.0 Å². The summed E-state index contributed by atoms with van der Waals surface area (Å²) in [6.07, 6.45) is 2.90. The van der Waals surface area contributed by atoms with Crippen molar-refractivity contribution in [1.29, 1.82) is 0 Å². The molecule has 3 aromatic rings. The molecule has 33 heavy (non-hydrogen) atoms. The summed E-state index contributed by atoms with van der Waals surface area (Å²) in [5.74, 6) is -0.181. The number of aromatic nitrogens is 1. The van der Waals surface area contributed by atoms with E-state index in [1.807, 2.05) is 24.3 Å². The molecule has 0 atom stereocenters. The number of thiazole rings is 1. The molecule has 0 saturated heterocycles. The van der Waals surface area contributed by atoms with E-state index < -0.39 is 15.9 Å². The number of nitrogens with zero attached hydrogens (tertiary/aromatic N) is 1. The Balaban J connectivity index is 1.69. The SMILES string of the molecule is CC(=O)Nc1nc(CCc2ccc(NC(=O)O)cc2)c(CCc2ccc(S(C)(=O)=O)cc2)s1. The van der Waals surface area contributed by atoms with Crippen molar-refractivity contribution in [3.05, 3.63) is 70.2 Å². The van der Waals surface area contributed by atoms with Gasteiger partial charge in [0.2, 0.25) is 5.91 Å². The minimum absolute atomic E-state index is 0.181. The first-order chi connectivity index (χ1) is 15.6. The lowest BCUT2D eigenvalue weighted by Gasteiger charge is -2.06. The van der Waals surface area contributed by atoms with Crippen molar-refractivity contribution in [2.24, 2.45) is 0 Å². The van der Waals surface area contributed by atoms with Crippen molar-refractivity contribution < 1.29 is 23.1 Å². The van der Waals surface area contributed by atoms with E-state index in [0.29, 0.717) is 41.4 Å². The number of rotatable bonds is 9. The number of hydrogen-bond donors (Lipinski definition) is 3. The minimum atomic E-state index is -3.23. The third kappa shape index (κ3) is 7.40. The number of hydrogen-bond acceptors (Lipinski definition) is 6. The molecule has 0 bridgehead atoms. The first kappa shape index (κ1) is 24.4. The molecule has 0 aliphatic rings. The van der Waals surface area contributed by atoms with Gasteiger partial charge in [0.1, 0.15) is 0 Å². The van der Waals surface area contributed by atoms with Crippen LogP contribution >= 0.6 is 11.3 Å². The normalized spacial score (nSPS) is 11.2. The van der Waals surface area contributed by atoms with Crippen molar-refractivity contribution in [2.45, 2.75) is 37.5 Å². The highest BCUT2D eigenvalue weighted by atomic mass is 32.2. The summed E-state index contributed by atoms with van der Waals surface area (Å²) in [5, 5.41) is 14.4. The van der Waals surface area contributed by atoms with Crippen LogP contribution in [0, 0.1) is 0 Å². The molecule has 174 valence electrons. The van der Waals surface area contributed by atoms with Crippen molar-refractivity contribution in [2.75, 3.05) is 16.9 Å². The van der Waals surface area contributed by atoms with Gasteiger partial charge in [0.05, 0.1) is 10.6 Å². The van der Waals surface area contributed by atoms with Gasteiger partial charge in [-0.15, -0.1) is 11.3 Å². The van der Waals surface area contributed by atoms with Crippen molar-refractivity contribution in [1.82, 2.24) is 4.98 Å². The van der Waals surface area contributed by atoms with Gasteiger partial charge in [-0.3, -0.25) is 10.1 Å². The molecule has 0 radical (unpaired) electrons. The van der Waals surface area contributed by atoms with E-state index in [4.69, 9.17) is 5.11 Å². The molecule has 0 aliphatic carbocycles. The zero-order valence-electron chi connectivity index (χ0n) is 18.3. The van der Waals surface area contributed by atoms with Gasteiger partial charge >= 0.3 is 6.09 Å². The molecule has 0 unspecified atom stereocenters. The second-order valence-electron chi connectivity index (χ2n) is 7.61. The largest absolute Gasteiger partial charge is 0.465 e. The minimum Gasteiger partial charge on any atom is -0.465 e. The Bertz CT molecular complexity index is 1230. The highest BCUT2D eigenvalue weighted by molar-refractivity contribution is 7.90. The van der Waals surface area contributed by atoms with Crippen molar-refractivity contribution >= 4 is 44.0 Å². The molecule has 3 rings (SSSR count). The molecule has 0 fully saturated rings. The number of carboxylic acid groups (broad SMARTS) is 1. The topological polar surface area (TPSA) is 125 Å². The molecule has 0 spiro atoms. The van der Waals surface area contributed by atoms with Gasteiger partial charge in [-0.25, -0.2) is 18.2 Å². The number of nitrogens with one attached hydrogen (secondary N) is 2. The molecule has 0 aliphatic heterocycles. The van der Waals surface area contributed by atoms with E-state index in [-0.39, 0.29) is 5.91 Å². The number of sulfone groups is 1. The summed E-state index contributed by atoms with van der Waals surface area (Å²) in [6.45, 7) is 1.44. The number of benzene rings is 2. The van der Waals surface area contributed by atoms with Crippen LogP contribution in [0.2, 0.25) is 0 Å².